The van der Waals surface area contributed by atoms with E-state index in [9.17, 15) is 9.18 Å². The van der Waals surface area contributed by atoms with E-state index < -0.39 is 11.9 Å². The molecule has 1 fully saturated rings. The molecule has 1 N–H and O–H groups in total. The first-order valence-electron chi connectivity index (χ1n) is 10.1. The summed E-state index contributed by atoms with van der Waals surface area (Å²) in [6.45, 7) is 12.8. The van der Waals surface area contributed by atoms with Gasteiger partial charge in [-0.05, 0) is 32.4 Å². The lowest BCUT2D eigenvalue weighted by molar-refractivity contribution is 0.178. The molecule has 1 aliphatic rings. The average Bonchev–Trinajstić information content (AvgIpc) is 3.40. The van der Waals surface area contributed by atoms with Gasteiger partial charge in [0, 0.05) is 11.9 Å². The molecule has 1 amide bonds. The van der Waals surface area contributed by atoms with E-state index >= 15 is 0 Å². The molecule has 4 rings (SSSR count). The minimum absolute atomic E-state index is 0.0303. The summed E-state index contributed by atoms with van der Waals surface area (Å²) < 4.78 is 20.8. The van der Waals surface area contributed by atoms with Gasteiger partial charge in [0.05, 0.1) is 30.7 Å². The quantitative estimate of drug-likeness (QED) is 0.584. The van der Waals surface area contributed by atoms with Gasteiger partial charge in [0.1, 0.15) is 18.2 Å². The van der Waals surface area contributed by atoms with Crippen molar-refractivity contribution in [1.29, 1.82) is 0 Å². The molecule has 32 heavy (non-hydrogen) atoms. The van der Waals surface area contributed by atoms with Crippen molar-refractivity contribution in [3.63, 3.8) is 0 Å². The number of imidazole rings is 1. The summed E-state index contributed by atoms with van der Waals surface area (Å²) >= 11 is 0. The van der Waals surface area contributed by atoms with Gasteiger partial charge in [-0.2, -0.15) is 15.0 Å². The molecule has 0 bridgehead atoms. The molecule has 0 aliphatic carbocycles. The van der Waals surface area contributed by atoms with Crippen molar-refractivity contribution in [1.82, 2.24) is 24.5 Å². The third-order valence-corrected chi connectivity index (χ3v) is 5.12. The fraction of sp³-hybridized carbons (Fsp3) is 0.333. The molecule has 1 aromatic carbocycles. The number of aromatic nitrogens is 5. The number of ether oxygens (including phenoxy) is 1. The molecule has 3 heterocycles. The molecule has 164 valence electrons. The number of aryl methyl sites for hydroxylation is 1. The predicted molar refractivity (Wildman–Crippen MR) is 114 cm³/mol. The highest BCUT2D eigenvalue weighted by Gasteiger charge is 2.35. The molecule has 10 nitrogen and oxygen atoms in total. The van der Waals surface area contributed by atoms with Crippen molar-refractivity contribution in [3.8, 4) is 5.69 Å². The molecule has 0 spiro atoms. The van der Waals surface area contributed by atoms with Crippen LogP contribution in [0.15, 0.2) is 30.7 Å². The van der Waals surface area contributed by atoms with Crippen LogP contribution in [0.3, 0.4) is 0 Å². The standard InChI is InChI=1S/C21H21FN8O2/c1-5-14-10-32-21(31)30(14)20-27-13(3)26-19(28-20)25-12(2)18-9-29(11-24-18)15-6-7-17(23-4)16(22)8-15/h6-9,11-12,14H,5,10H2,1-3H3,(H,25,26,27,28)/t12-,14-/m0/s1. The van der Waals surface area contributed by atoms with E-state index in [1.54, 1.807) is 30.1 Å². The maximum Gasteiger partial charge on any atom is 0.417 e. The van der Waals surface area contributed by atoms with Gasteiger partial charge < -0.3 is 14.6 Å². The predicted octanol–water partition coefficient (Wildman–Crippen LogP) is 3.96. The highest BCUT2D eigenvalue weighted by atomic mass is 19.1. The smallest absolute Gasteiger partial charge is 0.417 e. The van der Waals surface area contributed by atoms with E-state index in [0.29, 0.717) is 36.2 Å². The highest BCUT2D eigenvalue weighted by Crippen LogP contribution is 2.25. The molecule has 11 heteroatoms. The normalized spacial score (nSPS) is 16.5. The summed E-state index contributed by atoms with van der Waals surface area (Å²) in [6, 6.07) is 3.96. The van der Waals surface area contributed by atoms with Gasteiger partial charge in [0.25, 0.3) is 0 Å². The van der Waals surface area contributed by atoms with Crippen LogP contribution in [0.25, 0.3) is 10.5 Å². The van der Waals surface area contributed by atoms with Gasteiger partial charge in [-0.15, -0.1) is 0 Å². The Labute approximate surface area is 183 Å². The number of cyclic esters (lactones) is 1. The van der Waals surface area contributed by atoms with Crippen molar-refractivity contribution in [2.45, 2.75) is 39.3 Å². The number of rotatable bonds is 6. The van der Waals surface area contributed by atoms with Crippen LogP contribution in [0.2, 0.25) is 0 Å². The van der Waals surface area contributed by atoms with E-state index in [0.717, 1.165) is 0 Å². The fourth-order valence-electron chi connectivity index (χ4n) is 3.36. The fourth-order valence-corrected chi connectivity index (χ4v) is 3.36. The number of halogens is 1. The Morgan fingerprint density at radius 1 is 1.38 bits per heavy atom. The Morgan fingerprint density at radius 2 is 2.19 bits per heavy atom. The summed E-state index contributed by atoms with van der Waals surface area (Å²) in [4.78, 5) is 34.1. The van der Waals surface area contributed by atoms with E-state index in [1.165, 1.54) is 17.0 Å². The Kier molecular flexibility index (Phi) is 5.68. The lowest BCUT2D eigenvalue weighted by Gasteiger charge is -2.19. The van der Waals surface area contributed by atoms with Crippen LogP contribution in [0.5, 0.6) is 0 Å². The minimum Gasteiger partial charge on any atom is -0.447 e. The average molecular weight is 436 g/mol. The van der Waals surface area contributed by atoms with E-state index in [-0.39, 0.29) is 23.7 Å². The van der Waals surface area contributed by atoms with E-state index in [1.807, 2.05) is 13.8 Å². The largest absolute Gasteiger partial charge is 0.447 e. The first-order chi connectivity index (χ1) is 15.4. The highest BCUT2D eigenvalue weighted by molar-refractivity contribution is 5.88. The zero-order chi connectivity index (χ0) is 22.8. The second-order valence-corrected chi connectivity index (χ2v) is 7.33. The van der Waals surface area contributed by atoms with E-state index in [2.05, 4.69) is 30.1 Å². The molecule has 0 saturated carbocycles. The molecule has 2 aromatic heterocycles. The summed E-state index contributed by atoms with van der Waals surface area (Å²) in [5.41, 5.74) is 1.20. The number of hydrogen-bond acceptors (Lipinski definition) is 7. The lowest BCUT2D eigenvalue weighted by Crippen LogP contribution is -2.34. The summed E-state index contributed by atoms with van der Waals surface area (Å²) in [6.07, 6.45) is 3.56. The maximum absolute atomic E-state index is 14.0. The Balaban J connectivity index is 1.54. The molecule has 0 unspecified atom stereocenters. The summed E-state index contributed by atoms with van der Waals surface area (Å²) in [7, 11) is 0. The van der Waals surface area contributed by atoms with E-state index in [4.69, 9.17) is 11.3 Å². The first-order valence-corrected chi connectivity index (χ1v) is 10.1. The van der Waals surface area contributed by atoms with Crippen molar-refractivity contribution in [3.05, 3.63) is 59.5 Å². The number of anilines is 2. The number of carbonyl (C=O) groups is 1. The lowest BCUT2D eigenvalue weighted by atomic mass is 10.2. The van der Waals surface area contributed by atoms with Crippen LogP contribution < -0.4 is 10.2 Å². The van der Waals surface area contributed by atoms with Gasteiger partial charge in [0.15, 0.2) is 0 Å². The van der Waals surface area contributed by atoms with Crippen LogP contribution in [0.1, 0.15) is 37.8 Å². The zero-order valence-electron chi connectivity index (χ0n) is 17.8. The van der Waals surface area contributed by atoms with Crippen LogP contribution in [-0.2, 0) is 4.74 Å². The molecular weight excluding hydrogens is 415 g/mol. The second kappa shape index (κ2) is 8.58. The monoisotopic (exact) mass is 436 g/mol. The first kappa shape index (κ1) is 21.2. The molecular formula is C21H21FN8O2. The van der Waals surface area contributed by atoms with Gasteiger partial charge >= 0.3 is 6.09 Å². The van der Waals surface area contributed by atoms with Gasteiger partial charge in [-0.3, -0.25) is 0 Å². The number of hydrogen-bond donors (Lipinski definition) is 1. The van der Waals surface area contributed by atoms with Crippen molar-refractivity contribution in [2.75, 3.05) is 16.8 Å². The maximum atomic E-state index is 14.0. The minimum atomic E-state index is -0.585. The molecule has 0 radical (unpaired) electrons. The second-order valence-electron chi connectivity index (χ2n) is 7.33. The SMILES string of the molecule is [C-]#[N+]c1ccc(-n2cnc([C@H](C)Nc3nc(C)nc(N4C(=O)OC[C@@H]4CC)n3)c2)cc1F. The van der Waals surface area contributed by atoms with Crippen molar-refractivity contribution < 1.29 is 13.9 Å². The number of amides is 1. The Bertz CT molecular complexity index is 1200. The molecule has 1 aliphatic heterocycles. The molecule has 3 aromatic rings. The van der Waals surface area contributed by atoms with Gasteiger partial charge in [0.2, 0.25) is 17.6 Å². The van der Waals surface area contributed by atoms with Crippen LogP contribution in [0.4, 0.5) is 26.8 Å². The number of nitrogens with zero attached hydrogens (tertiary/aromatic N) is 7. The van der Waals surface area contributed by atoms with Crippen molar-refractivity contribution in [2.24, 2.45) is 0 Å². The van der Waals surface area contributed by atoms with Gasteiger partial charge in [-0.1, -0.05) is 13.0 Å². The topological polar surface area (TPSA) is 102 Å². The molecule has 1 saturated heterocycles. The van der Waals surface area contributed by atoms with Crippen LogP contribution in [0, 0.1) is 19.3 Å². The third kappa shape index (κ3) is 4.07. The number of benzene rings is 1. The number of carbonyl (C=O) groups excluding carboxylic acids is 1. The Hall–Kier alpha value is -4.07. The Morgan fingerprint density at radius 3 is 2.91 bits per heavy atom. The van der Waals surface area contributed by atoms with Crippen molar-refractivity contribution >= 4 is 23.7 Å². The van der Waals surface area contributed by atoms with Crippen LogP contribution >= 0.6 is 0 Å². The summed E-state index contributed by atoms with van der Waals surface area (Å²) in [5, 5.41) is 3.17. The zero-order valence-corrected chi connectivity index (χ0v) is 17.8. The third-order valence-electron chi connectivity index (χ3n) is 5.12. The summed E-state index contributed by atoms with van der Waals surface area (Å²) in [5.74, 6) is 0.414. The van der Waals surface area contributed by atoms with Crippen LogP contribution in [-0.4, -0.2) is 43.2 Å². The van der Waals surface area contributed by atoms with Gasteiger partial charge in [-0.25, -0.2) is 23.9 Å². The number of nitrogens with one attached hydrogen (secondary N) is 1. The molecule has 2 atom stereocenters.